The molecule has 4 aliphatic carbocycles. The lowest BCUT2D eigenvalue weighted by molar-refractivity contribution is -0.173. The van der Waals surface area contributed by atoms with E-state index in [9.17, 15) is 14.7 Å². The maximum Gasteiger partial charge on any atom is 0.309 e. The second-order valence-electron chi connectivity index (χ2n) is 9.41. The minimum Gasteiger partial charge on any atom is -0.492 e. The van der Waals surface area contributed by atoms with Gasteiger partial charge in [0.2, 0.25) is 0 Å². The first-order valence-corrected chi connectivity index (χ1v) is 11.2. The largest absolute Gasteiger partial charge is 0.492 e. The number of hydrogen-bond donors (Lipinski definition) is 2. The van der Waals surface area contributed by atoms with E-state index in [4.69, 9.17) is 16.3 Å². The molecule has 4 bridgehead atoms. The van der Waals surface area contributed by atoms with Gasteiger partial charge in [0.1, 0.15) is 10.8 Å². The fourth-order valence-electron chi connectivity index (χ4n) is 6.57. The van der Waals surface area contributed by atoms with Crippen LogP contribution in [0.15, 0.2) is 35.3 Å². The first-order valence-electron chi connectivity index (χ1n) is 10.9. The summed E-state index contributed by atoms with van der Waals surface area (Å²) in [5, 5.41) is 17.7. The predicted molar refractivity (Wildman–Crippen MR) is 117 cm³/mol. The Bertz CT molecular complexity index is 1080. The van der Waals surface area contributed by atoms with Crippen molar-refractivity contribution in [1.82, 2.24) is 9.78 Å². The third-order valence-corrected chi connectivity index (χ3v) is 7.67. The number of halogens is 1. The molecule has 2 atom stereocenters. The van der Waals surface area contributed by atoms with Gasteiger partial charge in [0.05, 0.1) is 35.1 Å². The van der Waals surface area contributed by atoms with Gasteiger partial charge in [-0.2, -0.15) is 5.10 Å². The van der Waals surface area contributed by atoms with Crippen molar-refractivity contribution in [1.29, 1.82) is 0 Å². The van der Waals surface area contributed by atoms with E-state index in [-0.39, 0.29) is 10.6 Å². The Morgan fingerprint density at radius 2 is 1.97 bits per heavy atom. The molecule has 1 aromatic heterocycles. The normalized spacial score (nSPS) is 30.9. The van der Waals surface area contributed by atoms with Gasteiger partial charge in [-0.15, -0.1) is 0 Å². The van der Waals surface area contributed by atoms with Gasteiger partial charge >= 0.3 is 5.97 Å². The van der Waals surface area contributed by atoms with Crippen molar-refractivity contribution in [2.45, 2.75) is 51.0 Å². The third-order valence-electron chi connectivity index (χ3n) is 7.31. The molecule has 0 unspecified atom stereocenters. The van der Waals surface area contributed by atoms with Gasteiger partial charge in [-0.25, -0.2) is 4.68 Å². The van der Waals surface area contributed by atoms with E-state index >= 15 is 0 Å². The molecule has 4 aliphatic rings. The number of carbonyl (C=O) groups is 1. The molecule has 0 radical (unpaired) electrons. The number of rotatable bonds is 6. The van der Waals surface area contributed by atoms with Gasteiger partial charge in [0.15, 0.2) is 0 Å². The zero-order valence-corrected chi connectivity index (χ0v) is 18.2. The van der Waals surface area contributed by atoms with E-state index < -0.39 is 16.9 Å². The highest BCUT2D eigenvalue weighted by molar-refractivity contribution is 6.33. The van der Waals surface area contributed by atoms with Crippen LogP contribution in [0.3, 0.4) is 0 Å². The van der Waals surface area contributed by atoms with Crippen LogP contribution in [0, 0.1) is 17.3 Å². The van der Waals surface area contributed by atoms with Crippen LogP contribution in [-0.4, -0.2) is 27.5 Å². The fourth-order valence-corrected chi connectivity index (χ4v) is 6.74. The Balaban J connectivity index is 1.51. The van der Waals surface area contributed by atoms with Crippen molar-refractivity contribution >= 4 is 28.9 Å². The number of aromatic nitrogens is 2. The van der Waals surface area contributed by atoms with Crippen LogP contribution in [-0.2, 0) is 10.3 Å². The zero-order valence-electron chi connectivity index (χ0n) is 17.4. The second kappa shape index (κ2) is 7.26. The van der Waals surface area contributed by atoms with Crippen molar-refractivity contribution in [3.8, 4) is 5.75 Å². The molecule has 7 nitrogen and oxygen atoms in total. The number of aliphatic carboxylic acids is 1. The van der Waals surface area contributed by atoms with Gasteiger partial charge in [-0.05, 0) is 69.4 Å². The van der Waals surface area contributed by atoms with Crippen LogP contribution < -0.4 is 15.6 Å². The lowest BCUT2D eigenvalue weighted by Gasteiger charge is -2.60. The summed E-state index contributed by atoms with van der Waals surface area (Å²) >= 11 is 6.52. The molecule has 1 heterocycles. The summed E-state index contributed by atoms with van der Waals surface area (Å²) in [7, 11) is 0. The van der Waals surface area contributed by atoms with Gasteiger partial charge in [-0.1, -0.05) is 23.7 Å². The van der Waals surface area contributed by atoms with E-state index in [1.165, 1.54) is 4.68 Å². The van der Waals surface area contributed by atoms with E-state index in [0.717, 1.165) is 19.3 Å². The zero-order chi connectivity index (χ0) is 21.8. The molecular formula is C23H26ClN3O4. The Hall–Kier alpha value is -2.54. The molecule has 2 N–H and O–H groups in total. The van der Waals surface area contributed by atoms with Crippen LogP contribution >= 0.6 is 11.6 Å². The maximum atomic E-state index is 13.3. The number of carboxylic acids is 1. The number of benzene rings is 1. The number of carboxylic acid groups (broad SMARTS) is 1. The summed E-state index contributed by atoms with van der Waals surface area (Å²) < 4.78 is 7.13. The van der Waals surface area contributed by atoms with E-state index in [0.29, 0.717) is 54.8 Å². The molecule has 4 saturated carbocycles. The summed E-state index contributed by atoms with van der Waals surface area (Å²) in [6, 6.07) is 7.44. The number of ether oxygens (including phenoxy) is 1. The minimum absolute atomic E-state index is 0.0569. The molecule has 4 fully saturated rings. The van der Waals surface area contributed by atoms with Crippen molar-refractivity contribution < 1.29 is 14.6 Å². The quantitative estimate of drug-likeness (QED) is 0.686. The number of nitrogens with zero attached hydrogens (tertiary/aromatic N) is 2. The van der Waals surface area contributed by atoms with Gasteiger partial charge < -0.3 is 15.2 Å². The lowest BCUT2D eigenvalue weighted by Crippen LogP contribution is -2.61. The fraction of sp³-hybridized carbons (Fsp3) is 0.522. The molecule has 8 heteroatoms. The third kappa shape index (κ3) is 3.21. The number of para-hydroxylation sites is 2. The monoisotopic (exact) mass is 443 g/mol. The first kappa shape index (κ1) is 20.4. The summed E-state index contributed by atoms with van der Waals surface area (Å²) in [6.45, 7) is 2.42. The summed E-state index contributed by atoms with van der Waals surface area (Å²) in [4.78, 5) is 25.5. The van der Waals surface area contributed by atoms with Crippen molar-refractivity contribution in [2.24, 2.45) is 17.3 Å². The average molecular weight is 444 g/mol. The molecule has 31 heavy (non-hydrogen) atoms. The number of anilines is 2. The number of nitrogens with one attached hydrogen (secondary N) is 1. The summed E-state index contributed by atoms with van der Waals surface area (Å²) in [5.41, 5.74) is -0.573. The van der Waals surface area contributed by atoms with Crippen molar-refractivity contribution in [2.75, 3.05) is 11.9 Å². The second-order valence-corrected chi connectivity index (χ2v) is 9.79. The minimum atomic E-state index is -0.745. The summed E-state index contributed by atoms with van der Waals surface area (Å²) in [5.74, 6) is 0.562. The maximum absolute atomic E-state index is 13.3. The van der Waals surface area contributed by atoms with Crippen LogP contribution in [0.4, 0.5) is 11.4 Å². The van der Waals surface area contributed by atoms with Gasteiger partial charge in [0, 0.05) is 0 Å². The Labute approximate surface area is 185 Å². The van der Waals surface area contributed by atoms with E-state index in [1.54, 1.807) is 6.20 Å². The topological polar surface area (TPSA) is 93.4 Å². The molecule has 0 amide bonds. The molecule has 0 spiro atoms. The van der Waals surface area contributed by atoms with Gasteiger partial charge in [0.25, 0.3) is 5.56 Å². The highest BCUT2D eigenvalue weighted by Gasteiger charge is 2.62. The van der Waals surface area contributed by atoms with Gasteiger partial charge in [-0.3, -0.25) is 9.59 Å². The molecule has 1 aromatic carbocycles. The van der Waals surface area contributed by atoms with Crippen molar-refractivity contribution in [3.63, 3.8) is 0 Å². The molecular weight excluding hydrogens is 418 g/mol. The SMILES string of the molecule is CCOc1ccccc1Nc1cnn(C23C[C@H]4C[C@@H](CC(C(=O)O)(C4)C2)C3)c(=O)c1Cl. The highest BCUT2D eigenvalue weighted by atomic mass is 35.5. The standard InChI is InChI=1S/C23H26ClN3O4/c1-2-31-18-6-4-3-5-16(18)26-17-12-25-27(20(28)19(17)24)23-10-14-7-15(11-23)9-22(8-14,13-23)21(29)30/h3-6,12,14-15,26H,2,7-11,13H2,1H3,(H,29,30)/t14-,15-,22?,23?/m0/s1. The predicted octanol–water partition coefficient (Wildman–Crippen LogP) is 4.42. The van der Waals surface area contributed by atoms with Crippen LogP contribution in [0.5, 0.6) is 5.75 Å². The molecule has 6 rings (SSSR count). The van der Waals surface area contributed by atoms with E-state index in [2.05, 4.69) is 10.4 Å². The van der Waals surface area contributed by atoms with E-state index in [1.807, 2.05) is 31.2 Å². The number of hydrogen-bond acceptors (Lipinski definition) is 5. The first-order chi connectivity index (χ1) is 14.9. The van der Waals surface area contributed by atoms with Crippen LogP contribution in [0.1, 0.15) is 45.4 Å². The molecule has 164 valence electrons. The molecule has 0 saturated heterocycles. The Morgan fingerprint density at radius 1 is 1.26 bits per heavy atom. The van der Waals surface area contributed by atoms with Crippen LogP contribution in [0.2, 0.25) is 5.02 Å². The van der Waals surface area contributed by atoms with Crippen LogP contribution in [0.25, 0.3) is 0 Å². The Morgan fingerprint density at radius 3 is 2.65 bits per heavy atom. The lowest BCUT2D eigenvalue weighted by atomic mass is 9.47. The highest BCUT2D eigenvalue weighted by Crippen LogP contribution is 2.63. The summed E-state index contributed by atoms with van der Waals surface area (Å²) in [6.07, 6.45) is 6.06. The smallest absolute Gasteiger partial charge is 0.309 e. The Kier molecular flexibility index (Phi) is 4.77. The molecule has 2 aromatic rings. The average Bonchev–Trinajstić information content (AvgIpc) is 2.72. The van der Waals surface area contributed by atoms with Crippen molar-refractivity contribution in [3.05, 3.63) is 45.8 Å². The molecule has 0 aliphatic heterocycles.